The molecule has 0 aliphatic carbocycles. The molecule has 5 rings (SSSR count). The minimum Gasteiger partial charge on any atom is -0.481 e. The number of nitrogens with zero attached hydrogens (tertiary/aromatic N) is 5. The van der Waals surface area contributed by atoms with Crippen molar-refractivity contribution in [1.29, 1.82) is 0 Å². The fraction of sp³-hybridized carbons (Fsp3) is 0.348. The molecule has 37 heavy (non-hydrogen) atoms. The first-order chi connectivity index (χ1) is 17.4. The van der Waals surface area contributed by atoms with Gasteiger partial charge < -0.3 is 10.5 Å². The molecule has 14 heteroatoms. The maximum atomic E-state index is 14.2. The second-order valence-corrected chi connectivity index (χ2v) is 8.78. The third kappa shape index (κ3) is 5.16. The molecule has 1 fully saturated rings. The van der Waals surface area contributed by atoms with Crippen LogP contribution in [0.15, 0.2) is 42.6 Å². The van der Waals surface area contributed by atoms with Crippen LogP contribution in [-0.2, 0) is 0 Å². The molecule has 4 heterocycles. The molecular weight excluding hydrogens is 509 g/mol. The Labute approximate surface area is 204 Å². The molecule has 2 N–H and O–H groups in total. The number of ether oxygens (including phenoxy) is 1. The number of halogens is 7. The zero-order chi connectivity index (χ0) is 26.5. The van der Waals surface area contributed by atoms with E-state index in [2.05, 4.69) is 19.9 Å². The lowest BCUT2D eigenvalue weighted by atomic mass is 10.1. The molecule has 0 radical (unpaired) electrons. The Morgan fingerprint density at radius 2 is 1.84 bits per heavy atom. The maximum Gasteiger partial charge on any atom is 0.422 e. The predicted molar refractivity (Wildman–Crippen MR) is 118 cm³/mol. The molecule has 3 aromatic heterocycles. The van der Waals surface area contributed by atoms with Crippen LogP contribution in [0.1, 0.15) is 18.0 Å². The first-order valence-corrected chi connectivity index (χ1v) is 11.1. The van der Waals surface area contributed by atoms with Crippen LogP contribution in [0.5, 0.6) is 5.75 Å². The average Bonchev–Trinajstić information content (AvgIpc) is 3.42. The summed E-state index contributed by atoms with van der Waals surface area (Å²) in [7, 11) is 0. The predicted octanol–water partition coefficient (Wildman–Crippen LogP) is 4.66. The number of likely N-dealkylation sites (tertiary alicyclic amines) is 1. The molecule has 0 bridgehead atoms. The van der Waals surface area contributed by atoms with Crippen molar-refractivity contribution >= 4 is 16.6 Å². The smallest absolute Gasteiger partial charge is 0.422 e. The monoisotopic (exact) mass is 528 g/mol. The van der Waals surface area contributed by atoms with E-state index < -0.39 is 36.6 Å². The highest BCUT2D eigenvalue weighted by atomic mass is 19.4. The number of aromatic nitrogens is 4. The van der Waals surface area contributed by atoms with E-state index in [-0.39, 0.29) is 52.8 Å². The van der Waals surface area contributed by atoms with Gasteiger partial charge in [-0.1, -0.05) is 12.1 Å². The van der Waals surface area contributed by atoms with E-state index in [1.807, 2.05) is 0 Å². The minimum atomic E-state index is -4.66. The Morgan fingerprint density at radius 1 is 1.05 bits per heavy atom. The number of benzene rings is 1. The van der Waals surface area contributed by atoms with Crippen molar-refractivity contribution in [2.24, 2.45) is 5.73 Å². The summed E-state index contributed by atoms with van der Waals surface area (Å²) in [6.45, 7) is -1.40. The van der Waals surface area contributed by atoms with Crippen LogP contribution < -0.4 is 10.5 Å². The molecule has 0 unspecified atom stereocenters. The van der Waals surface area contributed by atoms with Crippen molar-refractivity contribution in [2.75, 3.05) is 19.7 Å². The first-order valence-electron chi connectivity index (χ1n) is 11.1. The molecule has 1 aliphatic rings. The van der Waals surface area contributed by atoms with Crippen LogP contribution in [0.3, 0.4) is 0 Å². The van der Waals surface area contributed by atoms with Gasteiger partial charge in [0, 0.05) is 36.8 Å². The Morgan fingerprint density at radius 3 is 2.51 bits per heavy atom. The normalized spacial score (nSPS) is 18.1. The van der Waals surface area contributed by atoms with Crippen LogP contribution in [0, 0.1) is 5.82 Å². The zero-order valence-electron chi connectivity index (χ0n) is 18.9. The average molecular weight is 528 g/mol. The summed E-state index contributed by atoms with van der Waals surface area (Å²) in [6.07, 6.45) is -7.50. The van der Waals surface area contributed by atoms with Gasteiger partial charge >= 0.3 is 12.4 Å². The summed E-state index contributed by atoms with van der Waals surface area (Å²) in [5.74, 6) is -1.54. The summed E-state index contributed by atoms with van der Waals surface area (Å²) in [6, 6.07) is 5.41. The maximum absolute atomic E-state index is 14.2. The number of pyridine rings is 2. The third-order valence-corrected chi connectivity index (χ3v) is 6.04. The SMILES string of the molecule is N[C@H]1CCN([C@H](c2ccc3nnc(-c4ccc5cc(F)c(OCC(F)(F)F)cc5n4)n3c2)C(F)(F)F)C1. The number of nitrogens with two attached hydrogens (primary N) is 1. The number of alkyl halides is 6. The lowest BCUT2D eigenvalue weighted by Gasteiger charge is -2.30. The number of fused-ring (bicyclic) bond motifs is 2. The fourth-order valence-corrected chi connectivity index (χ4v) is 4.42. The summed E-state index contributed by atoms with van der Waals surface area (Å²) in [4.78, 5) is 5.60. The van der Waals surface area contributed by atoms with Gasteiger partial charge in [-0.25, -0.2) is 9.37 Å². The van der Waals surface area contributed by atoms with E-state index in [9.17, 15) is 30.7 Å². The Bertz CT molecular complexity index is 1450. The van der Waals surface area contributed by atoms with Gasteiger partial charge in [-0.3, -0.25) is 9.30 Å². The number of hydrogen-bond acceptors (Lipinski definition) is 6. The van der Waals surface area contributed by atoms with Crippen molar-refractivity contribution in [3.05, 3.63) is 54.0 Å². The van der Waals surface area contributed by atoms with Gasteiger partial charge in [0.15, 0.2) is 29.6 Å². The van der Waals surface area contributed by atoms with E-state index >= 15 is 0 Å². The second-order valence-electron chi connectivity index (χ2n) is 8.78. The highest BCUT2D eigenvalue weighted by molar-refractivity contribution is 5.82. The Hall–Kier alpha value is -3.52. The largest absolute Gasteiger partial charge is 0.481 e. The molecule has 1 aliphatic heterocycles. The Balaban J connectivity index is 1.54. The van der Waals surface area contributed by atoms with Crippen molar-refractivity contribution in [3.8, 4) is 17.3 Å². The van der Waals surface area contributed by atoms with Crippen LogP contribution in [0.4, 0.5) is 30.7 Å². The van der Waals surface area contributed by atoms with Gasteiger partial charge in [-0.05, 0) is 30.2 Å². The van der Waals surface area contributed by atoms with E-state index in [1.165, 1.54) is 39.8 Å². The molecule has 0 saturated carbocycles. The van der Waals surface area contributed by atoms with Crippen LogP contribution in [0.25, 0.3) is 28.1 Å². The van der Waals surface area contributed by atoms with Crippen LogP contribution in [-0.4, -0.2) is 62.6 Å². The highest BCUT2D eigenvalue weighted by Gasteiger charge is 2.46. The van der Waals surface area contributed by atoms with Gasteiger partial charge in [0.2, 0.25) is 0 Å². The standard InChI is InChI=1S/C23H19F7N6O/c24-15-7-12-1-3-16(32-17(12)8-18(15)37-11-22(25,26)27)21-34-33-19-4-2-13(9-36(19)21)20(23(28,29)30)35-6-5-14(31)10-35/h1-4,7-9,14,20H,5-6,10-11,31H2/t14-,20+/m0/s1. The third-order valence-electron chi connectivity index (χ3n) is 6.04. The van der Waals surface area contributed by atoms with Gasteiger partial charge in [-0.2, -0.15) is 26.3 Å². The van der Waals surface area contributed by atoms with Gasteiger partial charge in [0.05, 0.1) is 5.52 Å². The minimum absolute atomic E-state index is 0.0409. The molecule has 1 aromatic carbocycles. The van der Waals surface area contributed by atoms with Gasteiger partial charge in [-0.15, -0.1) is 10.2 Å². The van der Waals surface area contributed by atoms with E-state index in [1.54, 1.807) is 0 Å². The molecule has 196 valence electrons. The number of hydrogen-bond donors (Lipinski definition) is 1. The fourth-order valence-electron chi connectivity index (χ4n) is 4.42. The molecule has 0 spiro atoms. The van der Waals surface area contributed by atoms with Crippen molar-refractivity contribution in [3.63, 3.8) is 0 Å². The molecular formula is C23H19F7N6O. The van der Waals surface area contributed by atoms with Crippen LogP contribution >= 0.6 is 0 Å². The quantitative estimate of drug-likeness (QED) is 0.380. The summed E-state index contributed by atoms with van der Waals surface area (Å²) >= 11 is 0. The first kappa shape index (κ1) is 25.1. The molecule has 2 atom stereocenters. The second kappa shape index (κ2) is 9.10. The lowest BCUT2D eigenvalue weighted by molar-refractivity contribution is -0.183. The van der Waals surface area contributed by atoms with Crippen molar-refractivity contribution in [1.82, 2.24) is 24.5 Å². The Kier molecular flexibility index (Phi) is 6.18. The topological polar surface area (TPSA) is 81.6 Å². The van der Waals surface area contributed by atoms with Crippen molar-refractivity contribution < 1.29 is 35.5 Å². The molecule has 4 aromatic rings. The summed E-state index contributed by atoms with van der Waals surface area (Å²) in [5.41, 5.74) is 6.31. The summed E-state index contributed by atoms with van der Waals surface area (Å²) < 4.78 is 99.8. The van der Waals surface area contributed by atoms with Crippen LogP contribution in [0.2, 0.25) is 0 Å². The zero-order valence-corrected chi connectivity index (χ0v) is 18.9. The summed E-state index contributed by atoms with van der Waals surface area (Å²) in [5, 5.41) is 8.29. The van der Waals surface area contributed by atoms with Crippen molar-refractivity contribution in [2.45, 2.75) is 30.9 Å². The van der Waals surface area contributed by atoms with E-state index in [0.29, 0.717) is 6.42 Å². The molecule has 7 nitrogen and oxygen atoms in total. The van der Waals surface area contributed by atoms with E-state index in [0.717, 1.165) is 12.1 Å². The highest BCUT2D eigenvalue weighted by Crippen LogP contribution is 2.39. The number of rotatable bonds is 5. The molecule has 1 saturated heterocycles. The molecule has 0 amide bonds. The van der Waals surface area contributed by atoms with Gasteiger partial charge in [0.25, 0.3) is 0 Å². The lowest BCUT2D eigenvalue weighted by Crippen LogP contribution is -2.38. The van der Waals surface area contributed by atoms with E-state index in [4.69, 9.17) is 5.73 Å². The van der Waals surface area contributed by atoms with Gasteiger partial charge in [0.1, 0.15) is 11.7 Å².